The van der Waals surface area contributed by atoms with Crippen molar-refractivity contribution in [2.24, 2.45) is 0 Å². The van der Waals surface area contributed by atoms with Crippen LogP contribution in [0.5, 0.6) is 0 Å². The Labute approximate surface area is 327 Å². The molecule has 0 aliphatic rings. The average Bonchev–Trinajstić information content (AvgIpc) is 3.82. The molecular weight excluding hydrogens is 703 g/mol. The van der Waals surface area contributed by atoms with Crippen molar-refractivity contribution in [3.63, 3.8) is 0 Å². The van der Waals surface area contributed by atoms with Crippen molar-refractivity contribution in [3.8, 4) is 33.4 Å². The van der Waals surface area contributed by atoms with E-state index in [1.54, 1.807) is 0 Å². The highest BCUT2D eigenvalue weighted by atomic mass is 32.1. The van der Waals surface area contributed by atoms with Gasteiger partial charge >= 0.3 is 0 Å². The number of fused-ring (bicyclic) bond motifs is 7. The monoisotopic (exact) mass is 735 g/mol. The van der Waals surface area contributed by atoms with Crippen LogP contribution in [0.15, 0.2) is 200 Å². The Hall–Kier alpha value is -6.52. The highest BCUT2D eigenvalue weighted by Crippen LogP contribution is 2.43. The van der Waals surface area contributed by atoms with Crippen LogP contribution in [0.25, 0.3) is 84.5 Å². The van der Waals surface area contributed by atoms with E-state index in [9.17, 15) is 0 Å². The van der Waals surface area contributed by atoms with Crippen LogP contribution in [0, 0.1) is 0 Å². The fourth-order valence-corrected chi connectivity index (χ4v) is 10.5. The van der Waals surface area contributed by atoms with Crippen molar-refractivity contribution < 1.29 is 0 Å². The second kappa shape index (κ2) is 13.1. The van der Waals surface area contributed by atoms with Crippen LogP contribution in [0.3, 0.4) is 0 Å². The van der Waals surface area contributed by atoms with Crippen molar-refractivity contribution in [1.29, 1.82) is 0 Å². The van der Waals surface area contributed by atoms with Gasteiger partial charge in [-0.25, -0.2) is 0 Å². The maximum absolute atomic E-state index is 2.39. The summed E-state index contributed by atoms with van der Waals surface area (Å²) in [5.41, 5.74) is 10.7. The lowest BCUT2D eigenvalue weighted by molar-refractivity contribution is 1.28. The summed E-state index contributed by atoms with van der Waals surface area (Å²) in [5, 5.41) is 7.81. The number of anilines is 3. The predicted octanol–water partition coefficient (Wildman–Crippen LogP) is 16.0. The van der Waals surface area contributed by atoms with Crippen LogP contribution >= 0.6 is 22.7 Å². The first-order valence-electron chi connectivity index (χ1n) is 18.7. The van der Waals surface area contributed by atoms with Crippen LogP contribution in [-0.4, -0.2) is 0 Å². The highest BCUT2D eigenvalue weighted by Gasteiger charge is 2.17. The van der Waals surface area contributed by atoms with E-state index in [1.165, 1.54) is 84.5 Å². The maximum atomic E-state index is 2.39. The Kier molecular flexibility index (Phi) is 7.61. The van der Waals surface area contributed by atoms with E-state index in [0.717, 1.165) is 17.1 Å². The Morgan fingerprint density at radius 1 is 0.291 bits per heavy atom. The van der Waals surface area contributed by atoms with Gasteiger partial charge in [-0.1, -0.05) is 140 Å². The average molecular weight is 736 g/mol. The van der Waals surface area contributed by atoms with Crippen molar-refractivity contribution in [3.05, 3.63) is 200 Å². The molecule has 0 aliphatic carbocycles. The summed E-state index contributed by atoms with van der Waals surface area (Å²) in [5.74, 6) is 0. The zero-order valence-corrected chi connectivity index (χ0v) is 31.4. The largest absolute Gasteiger partial charge is 0.310 e. The summed E-state index contributed by atoms with van der Waals surface area (Å²) in [7, 11) is 0. The van der Waals surface area contributed by atoms with Gasteiger partial charge < -0.3 is 4.90 Å². The minimum Gasteiger partial charge on any atom is -0.310 e. The molecule has 0 radical (unpaired) electrons. The molecule has 0 N–H and O–H groups in total. The summed E-state index contributed by atoms with van der Waals surface area (Å²) in [6.45, 7) is 0. The van der Waals surface area contributed by atoms with Crippen LogP contribution in [0.2, 0.25) is 0 Å². The second-order valence-electron chi connectivity index (χ2n) is 14.1. The Morgan fingerprint density at radius 2 is 0.855 bits per heavy atom. The van der Waals surface area contributed by atoms with Gasteiger partial charge in [0.1, 0.15) is 0 Å². The molecule has 0 aliphatic heterocycles. The lowest BCUT2D eigenvalue weighted by Gasteiger charge is -2.26. The molecule has 0 saturated carbocycles. The molecular formula is C52H33NS2. The molecule has 11 aromatic rings. The molecule has 55 heavy (non-hydrogen) atoms. The van der Waals surface area contributed by atoms with Gasteiger partial charge in [0.25, 0.3) is 0 Å². The number of hydrogen-bond donors (Lipinski definition) is 0. The van der Waals surface area contributed by atoms with E-state index in [1.807, 2.05) is 22.7 Å². The van der Waals surface area contributed by atoms with Gasteiger partial charge in [0.15, 0.2) is 0 Å². The molecule has 9 aromatic carbocycles. The highest BCUT2D eigenvalue weighted by molar-refractivity contribution is 7.26. The third kappa shape index (κ3) is 5.51. The summed E-state index contributed by atoms with van der Waals surface area (Å²) in [6.07, 6.45) is 0. The minimum atomic E-state index is 1.11. The molecule has 11 rings (SSSR count). The first kappa shape index (κ1) is 32.0. The minimum absolute atomic E-state index is 1.11. The smallest absolute Gasteiger partial charge is 0.0467 e. The summed E-state index contributed by atoms with van der Waals surface area (Å²) < 4.78 is 5.29. The lowest BCUT2D eigenvalue weighted by atomic mass is 9.97. The van der Waals surface area contributed by atoms with Gasteiger partial charge in [0.05, 0.1) is 0 Å². The summed E-state index contributed by atoms with van der Waals surface area (Å²) in [4.78, 5) is 2.39. The number of benzene rings is 9. The number of nitrogens with zero attached hydrogens (tertiary/aromatic N) is 1. The Balaban J connectivity index is 1.03. The van der Waals surface area contributed by atoms with Crippen LogP contribution in [-0.2, 0) is 0 Å². The molecule has 3 heteroatoms. The van der Waals surface area contributed by atoms with Gasteiger partial charge in [-0.2, -0.15) is 0 Å². The summed E-state index contributed by atoms with van der Waals surface area (Å²) in [6, 6.07) is 73.4. The van der Waals surface area contributed by atoms with Crippen LogP contribution < -0.4 is 4.90 Å². The molecule has 0 saturated heterocycles. The van der Waals surface area contributed by atoms with E-state index < -0.39 is 0 Å². The molecule has 258 valence electrons. The SMILES string of the molecule is c1cc(-c2cccc3sc4ccccc4c23)cc(N(c2ccc(-c3ccc4c(c3)sc3ccccc34)cc2)c2ccc(-c3cccc4ccccc34)cc2)c1. The number of hydrogen-bond acceptors (Lipinski definition) is 3. The number of thiophene rings is 2. The first-order valence-corrected chi connectivity index (χ1v) is 20.3. The van der Waals surface area contributed by atoms with Crippen molar-refractivity contribution >= 4 is 90.9 Å². The molecule has 0 atom stereocenters. The molecule has 0 bridgehead atoms. The lowest BCUT2D eigenvalue weighted by Crippen LogP contribution is -2.10. The van der Waals surface area contributed by atoms with Crippen LogP contribution in [0.4, 0.5) is 17.1 Å². The number of rotatable bonds is 6. The molecule has 0 unspecified atom stereocenters. The van der Waals surface area contributed by atoms with E-state index in [0.29, 0.717) is 0 Å². The van der Waals surface area contributed by atoms with Gasteiger partial charge in [-0.15, -0.1) is 22.7 Å². The van der Waals surface area contributed by atoms with E-state index in [4.69, 9.17) is 0 Å². The third-order valence-electron chi connectivity index (χ3n) is 10.9. The predicted molar refractivity (Wildman–Crippen MR) is 241 cm³/mol. The molecule has 0 spiro atoms. The third-order valence-corrected chi connectivity index (χ3v) is 13.2. The Morgan fingerprint density at radius 3 is 1.67 bits per heavy atom. The fourth-order valence-electron chi connectivity index (χ4n) is 8.25. The Bertz CT molecular complexity index is 3200. The first-order chi connectivity index (χ1) is 27.2. The zero-order chi connectivity index (χ0) is 36.3. The molecule has 0 amide bonds. The standard InChI is InChI=1S/C52H33NS2/c1-2-14-42-35(10-1)11-8-17-43(42)36-24-29-40(30-25-36)53(39-27-22-34(23-28-39)37-26-31-46-45-15-3-5-19-48(45)55-51(46)33-37)41-13-7-12-38(32-41)44-18-9-21-50-52(44)47-16-4-6-20-49(47)54-50/h1-33H. The molecule has 2 heterocycles. The van der Waals surface area contributed by atoms with Gasteiger partial charge in [0.2, 0.25) is 0 Å². The quantitative estimate of drug-likeness (QED) is 0.164. The topological polar surface area (TPSA) is 3.24 Å². The van der Waals surface area contributed by atoms with Crippen molar-refractivity contribution in [2.45, 2.75) is 0 Å². The van der Waals surface area contributed by atoms with Gasteiger partial charge in [-0.3, -0.25) is 0 Å². The molecule has 2 aromatic heterocycles. The van der Waals surface area contributed by atoms with Crippen molar-refractivity contribution in [1.82, 2.24) is 0 Å². The van der Waals surface area contributed by atoms with Crippen LogP contribution in [0.1, 0.15) is 0 Å². The maximum Gasteiger partial charge on any atom is 0.0467 e. The van der Waals surface area contributed by atoms with E-state index in [-0.39, 0.29) is 0 Å². The fraction of sp³-hybridized carbons (Fsp3) is 0. The van der Waals surface area contributed by atoms with Gasteiger partial charge in [-0.05, 0) is 105 Å². The van der Waals surface area contributed by atoms with E-state index in [2.05, 4.69) is 205 Å². The summed E-state index contributed by atoms with van der Waals surface area (Å²) >= 11 is 3.73. The molecule has 0 fully saturated rings. The van der Waals surface area contributed by atoms with Crippen molar-refractivity contribution in [2.75, 3.05) is 4.90 Å². The normalized spacial score (nSPS) is 11.6. The van der Waals surface area contributed by atoms with E-state index >= 15 is 0 Å². The van der Waals surface area contributed by atoms with Gasteiger partial charge in [0, 0.05) is 57.4 Å². The zero-order valence-electron chi connectivity index (χ0n) is 29.8. The molecule has 1 nitrogen and oxygen atoms in total. The second-order valence-corrected chi connectivity index (χ2v) is 16.3.